The number of rotatable bonds is 4. The van der Waals surface area contributed by atoms with E-state index in [1.807, 2.05) is 12.1 Å². The van der Waals surface area contributed by atoms with Crippen LogP contribution >= 0.6 is 0 Å². The maximum Gasteiger partial charge on any atom is 0.140 e. The lowest BCUT2D eigenvalue weighted by atomic mass is 9.79. The number of nitrogens with zero attached hydrogens (tertiary/aromatic N) is 1. The van der Waals surface area contributed by atoms with Gasteiger partial charge < -0.3 is 20.2 Å². The number of carbonyl (C=O) groups is 1. The summed E-state index contributed by atoms with van der Waals surface area (Å²) in [4.78, 5) is 13.6. The second kappa shape index (κ2) is 7.10. The zero-order valence-electron chi connectivity index (χ0n) is 16.1. The number of carbonyl (C=O) groups excluding carboxylic acids is 1. The Hall–Kier alpha value is -2.17. The van der Waals surface area contributed by atoms with Crippen molar-refractivity contribution in [2.45, 2.75) is 37.3 Å². The summed E-state index contributed by atoms with van der Waals surface area (Å²) in [5.74, 6) is 2.62. The van der Waals surface area contributed by atoms with Gasteiger partial charge in [0.2, 0.25) is 0 Å². The van der Waals surface area contributed by atoms with Gasteiger partial charge in [0.15, 0.2) is 0 Å². The molecule has 1 aromatic carbocycles. The Bertz CT molecular complexity index is 824. The molecule has 4 nitrogen and oxygen atoms in total. The molecule has 3 aliphatic carbocycles. The van der Waals surface area contributed by atoms with Gasteiger partial charge in [0.25, 0.3) is 0 Å². The highest BCUT2D eigenvalue weighted by atomic mass is 16.5. The minimum absolute atomic E-state index is 0.394. The van der Waals surface area contributed by atoms with Gasteiger partial charge in [0.1, 0.15) is 17.8 Å². The molecule has 0 spiro atoms. The molecule has 1 aromatic rings. The predicted molar refractivity (Wildman–Crippen MR) is 108 cm³/mol. The third kappa shape index (κ3) is 3.78. The molecule has 0 aromatic heterocycles. The Morgan fingerprint density at radius 1 is 1.22 bits per heavy atom. The molecule has 142 valence electrons. The van der Waals surface area contributed by atoms with Crippen LogP contribution in [0, 0.1) is 11.8 Å². The standard InChI is InChI=1S/C23H28N2O2/c1-25(2)20-6-3-18-12-21(8-5-17(18)11-20)27-22-7-4-16-9-10-23(24,15-26)14-19(16)13-22/h3-8,12-13,15,17-18,20H,9-11,14,24H2,1-2H3. The number of likely N-dealkylation sites (N-methyl/N-ethyl adjacent to an activating group) is 1. The van der Waals surface area contributed by atoms with Gasteiger partial charge in [-0.15, -0.1) is 0 Å². The maximum absolute atomic E-state index is 11.3. The van der Waals surface area contributed by atoms with Gasteiger partial charge in [0.05, 0.1) is 5.54 Å². The van der Waals surface area contributed by atoms with Crippen LogP contribution in [0.25, 0.3) is 0 Å². The predicted octanol–water partition coefficient (Wildman–Crippen LogP) is 3.03. The van der Waals surface area contributed by atoms with E-state index in [-0.39, 0.29) is 0 Å². The first kappa shape index (κ1) is 18.2. The number of hydrogen-bond donors (Lipinski definition) is 1. The molecule has 27 heavy (non-hydrogen) atoms. The molecular weight excluding hydrogens is 336 g/mol. The van der Waals surface area contributed by atoms with E-state index in [1.54, 1.807) is 0 Å². The van der Waals surface area contributed by atoms with Crippen molar-refractivity contribution in [3.63, 3.8) is 0 Å². The molecule has 0 aliphatic heterocycles. The highest BCUT2D eigenvalue weighted by Gasteiger charge is 2.30. The van der Waals surface area contributed by atoms with Crippen molar-refractivity contribution in [3.8, 4) is 5.75 Å². The van der Waals surface area contributed by atoms with E-state index in [1.165, 1.54) is 5.56 Å². The van der Waals surface area contributed by atoms with Gasteiger partial charge >= 0.3 is 0 Å². The zero-order valence-corrected chi connectivity index (χ0v) is 16.1. The van der Waals surface area contributed by atoms with Gasteiger partial charge in [-0.1, -0.05) is 24.3 Å². The highest BCUT2D eigenvalue weighted by Crippen LogP contribution is 2.34. The molecule has 0 amide bonds. The summed E-state index contributed by atoms with van der Waals surface area (Å²) >= 11 is 0. The normalized spacial score (nSPS) is 31.9. The van der Waals surface area contributed by atoms with Crippen LogP contribution in [0.1, 0.15) is 24.0 Å². The molecule has 0 heterocycles. The Kier molecular flexibility index (Phi) is 4.79. The fourth-order valence-electron chi connectivity index (χ4n) is 4.34. The third-order valence-corrected chi connectivity index (χ3v) is 6.12. The lowest BCUT2D eigenvalue weighted by molar-refractivity contribution is -0.112. The minimum Gasteiger partial charge on any atom is -0.458 e. The lowest BCUT2D eigenvalue weighted by Gasteiger charge is -2.33. The average Bonchev–Trinajstić information content (AvgIpc) is 2.67. The second-order valence-corrected chi connectivity index (χ2v) is 8.38. The second-order valence-electron chi connectivity index (χ2n) is 8.38. The van der Waals surface area contributed by atoms with Gasteiger partial charge in [-0.05, 0) is 81.1 Å². The minimum atomic E-state index is -0.737. The van der Waals surface area contributed by atoms with Gasteiger partial charge in [-0.2, -0.15) is 0 Å². The van der Waals surface area contributed by atoms with Crippen molar-refractivity contribution < 1.29 is 9.53 Å². The van der Waals surface area contributed by atoms with Crippen LogP contribution in [0.5, 0.6) is 5.75 Å². The quantitative estimate of drug-likeness (QED) is 0.659. The monoisotopic (exact) mass is 364 g/mol. The summed E-state index contributed by atoms with van der Waals surface area (Å²) in [6.45, 7) is 0. The summed E-state index contributed by atoms with van der Waals surface area (Å²) in [5.41, 5.74) is 7.82. The summed E-state index contributed by atoms with van der Waals surface area (Å²) in [6.07, 6.45) is 15.3. The lowest BCUT2D eigenvalue weighted by Crippen LogP contribution is -2.46. The molecule has 4 atom stereocenters. The smallest absolute Gasteiger partial charge is 0.140 e. The topological polar surface area (TPSA) is 55.6 Å². The first-order valence-electron chi connectivity index (χ1n) is 9.75. The largest absolute Gasteiger partial charge is 0.458 e. The van der Waals surface area contributed by atoms with Crippen LogP contribution < -0.4 is 10.5 Å². The average molecular weight is 364 g/mol. The SMILES string of the molecule is CN(C)C1C=CC2C=C(Oc3ccc4c(c3)CC(N)(C=O)CC4)C=CC2C1. The Labute approximate surface area is 161 Å². The van der Waals surface area contributed by atoms with E-state index < -0.39 is 5.54 Å². The van der Waals surface area contributed by atoms with Crippen molar-refractivity contribution in [3.05, 3.63) is 65.5 Å². The molecule has 0 saturated carbocycles. The van der Waals surface area contributed by atoms with Crippen LogP contribution in [0.15, 0.2) is 54.3 Å². The number of fused-ring (bicyclic) bond motifs is 2. The summed E-state index contributed by atoms with van der Waals surface area (Å²) in [5, 5.41) is 0. The molecule has 2 N–H and O–H groups in total. The number of allylic oxidation sites excluding steroid dienone is 4. The molecule has 4 heteroatoms. The Morgan fingerprint density at radius 2 is 2.07 bits per heavy atom. The summed E-state index contributed by atoms with van der Waals surface area (Å²) in [7, 11) is 4.26. The Morgan fingerprint density at radius 3 is 2.85 bits per heavy atom. The number of ether oxygens (including phenoxy) is 1. The molecule has 4 unspecified atom stereocenters. The first-order valence-corrected chi connectivity index (χ1v) is 9.75. The van der Waals surface area contributed by atoms with Crippen LogP contribution in [0.3, 0.4) is 0 Å². The van der Waals surface area contributed by atoms with E-state index in [0.717, 1.165) is 36.2 Å². The zero-order chi connectivity index (χ0) is 19.0. The molecule has 4 rings (SSSR count). The third-order valence-electron chi connectivity index (χ3n) is 6.12. The molecule has 0 bridgehead atoms. The Balaban J connectivity index is 1.49. The van der Waals surface area contributed by atoms with Crippen molar-refractivity contribution in [1.82, 2.24) is 4.90 Å². The molecule has 0 radical (unpaired) electrons. The maximum atomic E-state index is 11.3. The molecule has 0 saturated heterocycles. The van der Waals surface area contributed by atoms with Crippen molar-refractivity contribution in [1.29, 1.82) is 0 Å². The van der Waals surface area contributed by atoms with Crippen LogP contribution in [0.4, 0.5) is 0 Å². The summed E-state index contributed by atoms with van der Waals surface area (Å²) < 4.78 is 6.15. The van der Waals surface area contributed by atoms with Crippen LogP contribution in [-0.4, -0.2) is 36.9 Å². The first-order chi connectivity index (χ1) is 13.0. The van der Waals surface area contributed by atoms with Crippen molar-refractivity contribution in [2.75, 3.05) is 14.1 Å². The van der Waals surface area contributed by atoms with E-state index in [2.05, 4.69) is 55.4 Å². The number of nitrogens with two attached hydrogens (primary N) is 1. The van der Waals surface area contributed by atoms with E-state index in [0.29, 0.717) is 30.7 Å². The van der Waals surface area contributed by atoms with E-state index in [9.17, 15) is 4.79 Å². The fraction of sp³-hybridized carbons (Fsp3) is 0.435. The number of aryl methyl sites for hydroxylation is 1. The number of hydrogen-bond acceptors (Lipinski definition) is 4. The van der Waals surface area contributed by atoms with Crippen molar-refractivity contribution >= 4 is 6.29 Å². The van der Waals surface area contributed by atoms with E-state index >= 15 is 0 Å². The number of aldehydes is 1. The van der Waals surface area contributed by atoms with Gasteiger partial charge in [-0.3, -0.25) is 0 Å². The summed E-state index contributed by atoms with van der Waals surface area (Å²) in [6, 6.07) is 6.66. The fourth-order valence-corrected chi connectivity index (χ4v) is 4.34. The molecule has 3 aliphatic rings. The highest BCUT2D eigenvalue weighted by molar-refractivity contribution is 5.66. The molecular formula is C23H28N2O2. The van der Waals surface area contributed by atoms with Crippen LogP contribution in [-0.2, 0) is 17.6 Å². The van der Waals surface area contributed by atoms with Gasteiger partial charge in [-0.25, -0.2) is 0 Å². The van der Waals surface area contributed by atoms with Gasteiger partial charge in [0, 0.05) is 12.0 Å². The van der Waals surface area contributed by atoms with Crippen molar-refractivity contribution in [2.24, 2.45) is 17.6 Å². The van der Waals surface area contributed by atoms with E-state index in [4.69, 9.17) is 10.5 Å². The molecule has 0 fully saturated rings. The number of benzene rings is 1. The van der Waals surface area contributed by atoms with Crippen LogP contribution in [0.2, 0.25) is 0 Å².